The van der Waals surface area contributed by atoms with Gasteiger partial charge in [0.05, 0.1) is 18.2 Å². The maximum absolute atomic E-state index is 12.2. The second-order valence-electron chi connectivity index (χ2n) is 6.51. The first-order valence-electron chi connectivity index (χ1n) is 8.19. The van der Waals surface area contributed by atoms with Gasteiger partial charge < -0.3 is 20.1 Å². The molecule has 1 aromatic rings. The van der Waals surface area contributed by atoms with Gasteiger partial charge in [0.1, 0.15) is 12.4 Å². The number of ether oxygens (including phenoxy) is 2. The van der Waals surface area contributed by atoms with E-state index in [1.54, 1.807) is 0 Å². The Morgan fingerprint density at radius 3 is 2.86 bits per heavy atom. The lowest BCUT2D eigenvalue weighted by Crippen LogP contribution is -2.51. The molecule has 2 amide bonds. The van der Waals surface area contributed by atoms with E-state index >= 15 is 0 Å². The van der Waals surface area contributed by atoms with Gasteiger partial charge in [0.2, 0.25) is 0 Å². The summed E-state index contributed by atoms with van der Waals surface area (Å²) >= 11 is 0. The number of benzene rings is 1. The van der Waals surface area contributed by atoms with Crippen LogP contribution in [0.1, 0.15) is 24.8 Å². The SMILES string of the molecule is O=C(NC1COc2ccccc2C1)NC1CCOC1C1CC1. The predicted octanol–water partition coefficient (Wildman–Crippen LogP) is 1.86. The Balaban J connectivity index is 1.31. The molecular formula is C17H22N2O3. The monoisotopic (exact) mass is 302 g/mol. The lowest BCUT2D eigenvalue weighted by molar-refractivity contribution is 0.0823. The Morgan fingerprint density at radius 1 is 1.14 bits per heavy atom. The zero-order chi connectivity index (χ0) is 14.9. The molecule has 1 saturated heterocycles. The zero-order valence-corrected chi connectivity index (χ0v) is 12.6. The molecule has 5 nitrogen and oxygen atoms in total. The van der Waals surface area contributed by atoms with Crippen LogP contribution in [0.15, 0.2) is 24.3 Å². The summed E-state index contributed by atoms with van der Waals surface area (Å²) < 4.78 is 11.5. The van der Waals surface area contributed by atoms with Crippen molar-refractivity contribution < 1.29 is 14.3 Å². The molecule has 3 unspecified atom stereocenters. The van der Waals surface area contributed by atoms with E-state index in [2.05, 4.69) is 16.7 Å². The second kappa shape index (κ2) is 5.80. The Morgan fingerprint density at radius 2 is 2.00 bits per heavy atom. The third-order valence-electron chi connectivity index (χ3n) is 4.75. The minimum atomic E-state index is -0.103. The van der Waals surface area contributed by atoms with Gasteiger partial charge in [-0.15, -0.1) is 0 Å². The number of hydrogen-bond donors (Lipinski definition) is 2. The van der Waals surface area contributed by atoms with Crippen molar-refractivity contribution in [2.45, 2.75) is 43.9 Å². The quantitative estimate of drug-likeness (QED) is 0.896. The molecule has 3 aliphatic rings. The highest BCUT2D eigenvalue weighted by Crippen LogP contribution is 2.38. The number of hydrogen-bond acceptors (Lipinski definition) is 3. The minimum Gasteiger partial charge on any atom is -0.491 e. The molecule has 1 saturated carbocycles. The largest absolute Gasteiger partial charge is 0.491 e. The summed E-state index contributed by atoms with van der Waals surface area (Å²) in [7, 11) is 0. The molecule has 22 heavy (non-hydrogen) atoms. The van der Waals surface area contributed by atoms with Gasteiger partial charge in [-0.1, -0.05) is 18.2 Å². The van der Waals surface area contributed by atoms with Gasteiger partial charge in [-0.3, -0.25) is 0 Å². The highest BCUT2D eigenvalue weighted by atomic mass is 16.5. The summed E-state index contributed by atoms with van der Waals surface area (Å²) in [6.45, 7) is 1.28. The van der Waals surface area contributed by atoms with Crippen LogP contribution in [0.3, 0.4) is 0 Å². The van der Waals surface area contributed by atoms with Crippen molar-refractivity contribution in [2.24, 2.45) is 5.92 Å². The van der Waals surface area contributed by atoms with Gasteiger partial charge in [0.25, 0.3) is 0 Å². The van der Waals surface area contributed by atoms with Gasteiger partial charge in [0, 0.05) is 6.61 Å². The van der Waals surface area contributed by atoms with Gasteiger partial charge in [-0.05, 0) is 43.2 Å². The fraction of sp³-hybridized carbons (Fsp3) is 0.588. The predicted molar refractivity (Wildman–Crippen MR) is 82.0 cm³/mol. The molecule has 2 heterocycles. The molecule has 0 radical (unpaired) electrons. The summed E-state index contributed by atoms with van der Waals surface area (Å²) in [6.07, 6.45) is 4.42. The molecule has 3 atom stereocenters. The van der Waals surface area contributed by atoms with Crippen molar-refractivity contribution >= 4 is 6.03 Å². The Hall–Kier alpha value is -1.75. The molecule has 5 heteroatoms. The third kappa shape index (κ3) is 2.90. The Labute approximate surface area is 130 Å². The van der Waals surface area contributed by atoms with Gasteiger partial charge in [-0.2, -0.15) is 0 Å². The summed E-state index contributed by atoms with van der Waals surface area (Å²) in [4.78, 5) is 12.2. The summed E-state index contributed by atoms with van der Waals surface area (Å²) in [5.74, 6) is 1.58. The fourth-order valence-electron chi connectivity index (χ4n) is 3.47. The van der Waals surface area contributed by atoms with E-state index in [1.165, 1.54) is 12.8 Å². The van der Waals surface area contributed by atoms with E-state index in [-0.39, 0.29) is 24.2 Å². The first-order valence-corrected chi connectivity index (χ1v) is 8.19. The molecule has 1 aliphatic carbocycles. The number of nitrogens with one attached hydrogen (secondary N) is 2. The molecule has 0 spiro atoms. The van der Waals surface area contributed by atoms with Gasteiger partial charge >= 0.3 is 6.03 Å². The van der Waals surface area contributed by atoms with E-state index in [0.717, 1.165) is 30.8 Å². The van der Waals surface area contributed by atoms with E-state index in [0.29, 0.717) is 12.5 Å². The van der Waals surface area contributed by atoms with Crippen LogP contribution in [-0.2, 0) is 11.2 Å². The molecule has 118 valence electrons. The highest BCUT2D eigenvalue weighted by molar-refractivity contribution is 5.74. The number of rotatable bonds is 3. The third-order valence-corrected chi connectivity index (χ3v) is 4.75. The lowest BCUT2D eigenvalue weighted by Gasteiger charge is -2.27. The number of fused-ring (bicyclic) bond motifs is 1. The standard InChI is InChI=1S/C17H22N2O3/c20-17(19-14-7-8-21-16(14)11-5-6-11)18-13-9-12-3-1-2-4-15(12)22-10-13/h1-4,11,13-14,16H,5-10H2,(H2,18,19,20). The molecule has 0 bridgehead atoms. The van der Waals surface area contributed by atoms with Crippen LogP contribution in [0, 0.1) is 5.92 Å². The van der Waals surface area contributed by atoms with Crippen LogP contribution in [-0.4, -0.2) is 37.4 Å². The van der Waals surface area contributed by atoms with Crippen molar-refractivity contribution in [1.29, 1.82) is 0 Å². The van der Waals surface area contributed by atoms with Gasteiger partial charge in [0.15, 0.2) is 0 Å². The number of carbonyl (C=O) groups excluding carboxylic acids is 1. The van der Waals surface area contributed by atoms with Crippen LogP contribution in [0.5, 0.6) is 5.75 Å². The summed E-state index contributed by atoms with van der Waals surface area (Å²) in [5, 5.41) is 6.13. The van der Waals surface area contributed by atoms with Crippen molar-refractivity contribution in [3.05, 3.63) is 29.8 Å². The van der Waals surface area contributed by atoms with Crippen LogP contribution in [0.25, 0.3) is 0 Å². The number of para-hydroxylation sites is 1. The molecule has 4 rings (SSSR count). The van der Waals surface area contributed by atoms with Crippen LogP contribution in [0.2, 0.25) is 0 Å². The first-order chi connectivity index (χ1) is 10.8. The van der Waals surface area contributed by atoms with Crippen LogP contribution >= 0.6 is 0 Å². The Kier molecular flexibility index (Phi) is 3.66. The smallest absolute Gasteiger partial charge is 0.315 e. The Bertz CT molecular complexity index is 559. The van der Waals surface area contributed by atoms with E-state index in [9.17, 15) is 4.79 Å². The van der Waals surface area contributed by atoms with Crippen LogP contribution < -0.4 is 15.4 Å². The summed E-state index contributed by atoms with van der Waals surface area (Å²) in [6, 6.07) is 8.07. The lowest BCUT2D eigenvalue weighted by atomic mass is 10.0. The fourth-order valence-corrected chi connectivity index (χ4v) is 3.47. The maximum Gasteiger partial charge on any atom is 0.315 e. The topological polar surface area (TPSA) is 59.6 Å². The average Bonchev–Trinajstić information content (AvgIpc) is 3.27. The number of amides is 2. The molecule has 1 aromatic carbocycles. The molecule has 0 aromatic heterocycles. The van der Waals surface area contributed by atoms with Crippen LogP contribution in [0.4, 0.5) is 4.79 Å². The van der Waals surface area contributed by atoms with Crippen molar-refractivity contribution in [1.82, 2.24) is 10.6 Å². The van der Waals surface area contributed by atoms with Gasteiger partial charge in [-0.25, -0.2) is 4.79 Å². The minimum absolute atomic E-state index is 0.0246. The van der Waals surface area contributed by atoms with E-state index in [4.69, 9.17) is 9.47 Å². The van der Waals surface area contributed by atoms with Crippen molar-refractivity contribution in [2.75, 3.05) is 13.2 Å². The molecule has 2 N–H and O–H groups in total. The van der Waals surface area contributed by atoms with Crippen molar-refractivity contribution in [3.63, 3.8) is 0 Å². The normalized spacial score (nSPS) is 30.3. The second-order valence-corrected chi connectivity index (χ2v) is 6.51. The molecular weight excluding hydrogens is 280 g/mol. The zero-order valence-electron chi connectivity index (χ0n) is 12.6. The number of carbonyl (C=O) groups is 1. The summed E-state index contributed by atoms with van der Waals surface area (Å²) in [5.41, 5.74) is 1.15. The number of urea groups is 1. The van der Waals surface area contributed by atoms with Crippen molar-refractivity contribution in [3.8, 4) is 5.75 Å². The average molecular weight is 302 g/mol. The highest BCUT2D eigenvalue weighted by Gasteiger charge is 2.41. The molecule has 2 fully saturated rings. The maximum atomic E-state index is 12.2. The van der Waals surface area contributed by atoms with E-state index < -0.39 is 0 Å². The van der Waals surface area contributed by atoms with E-state index in [1.807, 2.05) is 18.2 Å². The molecule has 2 aliphatic heterocycles. The first kappa shape index (κ1) is 13.9.